The SMILES string of the molecule is COc1ccc(OC2=C(Oc3ccc(OC)cc3)C(=O)C(Oc3ccc(OC)cc3)=C(Oc3ccc(OC)cc3)C2=O)cc1. The van der Waals surface area contributed by atoms with Gasteiger partial charge in [-0.15, -0.1) is 0 Å². The lowest BCUT2D eigenvalue weighted by atomic mass is 10.0. The molecule has 0 fully saturated rings. The van der Waals surface area contributed by atoms with Crippen molar-refractivity contribution in [2.45, 2.75) is 0 Å². The largest absolute Gasteiger partial charge is 0.497 e. The number of Topliss-reactive ketones (excluding diaryl/α,β-unsaturated/α-hetero) is 2. The summed E-state index contributed by atoms with van der Waals surface area (Å²) < 4.78 is 44.9. The maximum Gasteiger partial charge on any atom is 0.271 e. The van der Waals surface area contributed by atoms with Crippen LogP contribution in [0.2, 0.25) is 0 Å². The van der Waals surface area contributed by atoms with Gasteiger partial charge in [-0.1, -0.05) is 0 Å². The maximum absolute atomic E-state index is 14.2. The second-order valence-corrected chi connectivity index (χ2v) is 9.09. The van der Waals surface area contributed by atoms with Crippen LogP contribution in [0.5, 0.6) is 46.0 Å². The van der Waals surface area contributed by atoms with Gasteiger partial charge < -0.3 is 37.9 Å². The monoisotopic (exact) mass is 596 g/mol. The van der Waals surface area contributed by atoms with Crippen molar-refractivity contribution in [3.63, 3.8) is 0 Å². The van der Waals surface area contributed by atoms with Crippen LogP contribution in [0.15, 0.2) is 120 Å². The molecule has 44 heavy (non-hydrogen) atoms. The van der Waals surface area contributed by atoms with Gasteiger partial charge in [-0.2, -0.15) is 0 Å². The van der Waals surface area contributed by atoms with Crippen molar-refractivity contribution in [3.8, 4) is 46.0 Å². The first kappa shape index (κ1) is 29.6. The van der Waals surface area contributed by atoms with Crippen LogP contribution in [0.25, 0.3) is 0 Å². The molecule has 0 atom stereocenters. The van der Waals surface area contributed by atoms with Crippen LogP contribution in [0, 0.1) is 0 Å². The lowest BCUT2D eigenvalue weighted by Gasteiger charge is -2.23. The lowest BCUT2D eigenvalue weighted by Crippen LogP contribution is -2.33. The Kier molecular flexibility index (Phi) is 9.00. The average Bonchev–Trinajstić information content (AvgIpc) is 3.07. The zero-order chi connectivity index (χ0) is 31.1. The number of hydrogen-bond acceptors (Lipinski definition) is 10. The number of ether oxygens (including phenoxy) is 8. The van der Waals surface area contributed by atoms with Crippen LogP contribution in [-0.2, 0) is 9.59 Å². The summed E-state index contributed by atoms with van der Waals surface area (Å²) in [5.41, 5.74) is 0. The van der Waals surface area contributed by atoms with Crippen LogP contribution in [0.3, 0.4) is 0 Å². The van der Waals surface area contributed by atoms with Crippen LogP contribution in [0.1, 0.15) is 0 Å². The summed E-state index contributed by atoms with van der Waals surface area (Å²) in [7, 11) is 6.11. The fourth-order valence-corrected chi connectivity index (χ4v) is 4.04. The first-order chi connectivity index (χ1) is 21.4. The summed E-state index contributed by atoms with van der Waals surface area (Å²) >= 11 is 0. The third-order valence-corrected chi connectivity index (χ3v) is 6.35. The smallest absolute Gasteiger partial charge is 0.271 e. The highest BCUT2D eigenvalue weighted by Gasteiger charge is 2.42. The Morgan fingerprint density at radius 3 is 0.614 bits per heavy atom. The van der Waals surface area contributed by atoms with Gasteiger partial charge in [-0.05, 0) is 97.1 Å². The van der Waals surface area contributed by atoms with Crippen molar-refractivity contribution in [2.24, 2.45) is 0 Å². The number of carbonyl (C=O) groups is 2. The fourth-order valence-electron chi connectivity index (χ4n) is 4.04. The second kappa shape index (κ2) is 13.4. The van der Waals surface area contributed by atoms with E-state index < -0.39 is 34.6 Å². The molecule has 0 amide bonds. The summed E-state index contributed by atoms with van der Waals surface area (Å²) in [4.78, 5) is 28.3. The molecule has 0 unspecified atom stereocenters. The van der Waals surface area contributed by atoms with E-state index >= 15 is 0 Å². The van der Waals surface area contributed by atoms with Gasteiger partial charge in [0.1, 0.15) is 46.0 Å². The Labute approximate surface area is 253 Å². The summed E-state index contributed by atoms with van der Waals surface area (Å²) in [5, 5.41) is 0. The van der Waals surface area contributed by atoms with Crippen molar-refractivity contribution >= 4 is 11.6 Å². The number of rotatable bonds is 12. The molecule has 0 heterocycles. The number of methoxy groups -OCH3 is 4. The molecule has 1 aliphatic carbocycles. The summed E-state index contributed by atoms with van der Waals surface area (Å²) in [6, 6.07) is 25.9. The molecule has 0 saturated carbocycles. The Balaban J connectivity index is 1.60. The molecule has 0 saturated heterocycles. The van der Waals surface area contributed by atoms with E-state index in [0.717, 1.165) is 0 Å². The summed E-state index contributed by atoms with van der Waals surface area (Å²) in [5.74, 6) is 0.120. The molecule has 0 aromatic heterocycles. The Hall–Kier alpha value is -5.90. The standard InChI is InChI=1S/C34H28O10/c1-37-21-5-13-25(14-6-21)41-31-29(35)33(43-27-17-9-23(39-3)10-18-27)34(44-28-19-11-24(40-4)12-20-28)30(36)32(31)42-26-15-7-22(38-2)8-16-26/h5-20H,1-4H3. The van der Waals surface area contributed by atoms with E-state index in [9.17, 15) is 9.59 Å². The predicted molar refractivity (Wildman–Crippen MR) is 159 cm³/mol. The zero-order valence-corrected chi connectivity index (χ0v) is 24.3. The minimum atomic E-state index is -0.789. The van der Waals surface area contributed by atoms with Crippen LogP contribution >= 0.6 is 0 Å². The molecular formula is C34H28O10. The highest BCUT2D eigenvalue weighted by atomic mass is 16.6. The van der Waals surface area contributed by atoms with Gasteiger partial charge >= 0.3 is 0 Å². The van der Waals surface area contributed by atoms with Crippen LogP contribution in [0.4, 0.5) is 0 Å². The highest BCUT2D eigenvalue weighted by molar-refractivity contribution is 6.22. The maximum atomic E-state index is 14.2. The normalized spacial score (nSPS) is 12.9. The number of benzene rings is 4. The topological polar surface area (TPSA) is 108 Å². The molecule has 224 valence electrons. The Morgan fingerprint density at radius 2 is 0.455 bits per heavy atom. The van der Waals surface area contributed by atoms with Crippen molar-refractivity contribution in [1.29, 1.82) is 0 Å². The van der Waals surface area contributed by atoms with Crippen molar-refractivity contribution in [2.75, 3.05) is 28.4 Å². The van der Waals surface area contributed by atoms with E-state index in [0.29, 0.717) is 23.0 Å². The molecular weight excluding hydrogens is 568 g/mol. The van der Waals surface area contributed by atoms with Gasteiger partial charge in [0.2, 0.25) is 23.0 Å². The van der Waals surface area contributed by atoms with Gasteiger partial charge in [0.25, 0.3) is 11.6 Å². The second-order valence-electron chi connectivity index (χ2n) is 9.09. The summed E-state index contributed by atoms with van der Waals surface area (Å²) in [6.45, 7) is 0. The van der Waals surface area contributed by atoms with E-state index in [4.69, 9.17) is 37.9 Å². The lowest BCUT2D eigenvalue weighted by molar-refractivity contribution is -0.122. The number of hydrogen-bond donors (Lipinski definition) is 0. The first-order valence-electron chi connectivity index (χ1n) is 13.3. The molecule has 10 heteroatoms. The minimum absolute atomic E-state index is 0.251. The molecule has 0 N–H and O–H groups in total. The number of ketones is 2. The van der Waals surface area contributed by atoms with E-state index in [1.54, 1.807) is 97.1 Å². The van der Waals surface area contributed by atoms with Crippen molar-refractivity contribution in [3.05, 3.63) is 120 Å². The fraction of sp³-hybridized carbons (Fsp3) is 0.118. The molecule has 0 aliphatic heterocycles. The average molecular weight is 597 g/mol. The molecule has 0 bridgehead atoms. The van der Waals surface area contributed by atoms with Gasteiger partial charge in [0.15, 0.2) is 0 Å². The third kappa shape index (κ3) is 6.60. The van der Waals surface area contributed by atoms with Gasteiger partial charge in [-0.25, -0.2) is 0 Å². The first-order valence-corrected chi connectivity index (χ1v) is 13.3. The molecule has 4 aromatic carbocycles. The van der Waals surface area contributed by atoms with Gasteiger partial charge in [0.05, 0.1) is 28.4 Å². The van der Waals surface area contributed by atoms with Crippen LogP contribution in [-0.4, -0.2) is 40.0 Å². The van der Waals surface area contributed by atoms with E-state index in [-0.39, 0.29) is 23.0 Å². The molecule has 5 rings (SSSR count). The highest BCUT2D eigenvalue weighted by Crippen LogP contribution is 2.34. The van der Waals surface area contributed by atoms with E-state index in [1.165, 1.54) is 28.4 Å². The van der Waals surface area contributed by atoms with Crippen molar-refractivity contribution < 1.29 is 47.5 Å². The number of carbonyl (C=O) groups excluding carboxylic acids is 2. The third-order valence-electron chi connectivity index (χ3n) is 6.35. The Morgan fingerprint density at radius 1 is 0.295 bits per heavy atom. The predicted octanol–water partition coefficient (Wildman–Crippen LogP) is 5.91. The van der Waals surface area contributed by atoms with Gasteiger partial charge in [0, 0.05) is 0 Å². The summed E-state index contributed by atoms with van der Waals surface area (Å²) in [6.07, 6.45) is 0. The molecule has 0 spiro atoms. The molecule has 4 aromatic rings. The quantitative estimate of drug-likeness (QED) is 0.183. The van der Waals surface area contributed by atoms with Crippen LogP contribution < -0.4 is 37.9 Å². The zero-order valence-electron chi connectivity index (χ0n) is 24.3. The van der Waals surface area contributed by atoms with E-state index in [1.807, 2.05) is 0 Å². The minimum Gasteiger partial charge on any atom is -0.497 e. The Bertz CT molecular complexity index is 1430. The van der Waals surface area contributed by atoms with Gasteiger partial charge in [-0.3, -0.25) is 9.59 Å². The van der Waals surface area contributed by atoms with Crippen molar-refractivity contribution in [1.82, 2.24) is 0 Å². The molecule has 10 nitrogen and oxygen atoms in total. The molecule has 1 aliphatic rings. The molecule has 0 radical (unpaired) electrons. The van der Waals surface area contributed by atoms with E-state index in [2.05, 4.69) is 0 Å².